The van der Waals surface area contributed by atoms with Gasteiger partial charge in [-0.25, -0.2) is 12.8 Å². The van der Waals surface area contributed by atoms with Crippen molar-refractivity contribution in [3.63, 3.8) is 0 Å². The van der Waals surface area contributed by atoms with Gasteiger partial charge in [0.05, 0.1) is 4.90 Å². The van der Waals surface area contributed by atoms with Crippen LogP contribution in [0.25, 0.3) is 0 Å². The van der Waals surface area contributed by atoms with Crippen molar-refractivity contribution in [3.05, 3.63) is 65.5 Å². The molecular formula is C21H25FN2O3S. The smallest absolute Gasteiger partial charge is 0.253 e. The van der Waals surface area contributed by atoms with Gasteiger partial charge >= 0.3 is 0 Å². The third-order valence-corrected chi connectivity index (χ3v) is 6.73. The minimum Gasteiger partial charge on any atom is -0.336 e. The average Bonchev–Trinajstić information content (AvgIpc) is 2.68. The van der Waals surface area contributed by atoms with Crippen LogP contribution in [0.5, 0.6) is 0 Å². The van der Waals surface area contributed by atoms with E-state index in [2.05, 4.69) is 13.8 Å². The lowest BCUT2D eigenvalue weighted by Gasteiger charge is -2.34. The molecule has 1 aliphatic rings. The summed E-state index contributed by atoms with van der Waals surface area (Å²) >= 11 is 0. The summed E-state index contributed by atoms with van der Waals surface area (Å²) in [6.07, 6.45) is 0.967. The maximum absolute atomic E-state index is 13.1. The van der Waals surface area contributed by atoms with Crippen molar-refractivity contribution in [1.82, 2.24) is 9.21 Å². The Labute approximate surface area is 165 Å². The molecule has 1 amide bonds. The van der Waals surface area contributed by atoms with Gasteiger partial charge in [-0.15, -0.1) is 0 Å². The first-order chi connectivity index (χ1) is 13.3. The Hall–Kier alpha value is -2.25. The second-order valence-electron chi connectivity index (χ2n) is 7.45. The van der Waals surface area contributed by atoms with Crippen LogP contribution >= 0.6 is 0 Å². The standard InChI is InChI=1S/C21H25FN2O3S/c1-16(2)15-17-3-5-18(6-4-17)21(25)23-11-13-24(14-12-23)28(26,27)20-9-7-19(22)8-10-20/h3-10,16H,11-15H2,1-2H3. The van der Waals surface area contributed by atoms with Crippen molar-refractivity contribution in [2.24, 2.45) is 5.92 Å². The van der Waals surface area contributed by atoms with E-state index >= 15 is 0 Å². The Kier molecular flexibility index (Phi) is 6.15. The monoisotopic (exact) mass is 404 g/mol. The first-order valence-corrected chi connectivity index (χ1v) is 10.9. The van der Waals surface area contributed by atoms with E-state index in [-0.39, 0.29) is 23.9 Å². The van der Waals surface area contributed by atoms with Crippen molar-refractivity contribution >= 4 is 15.9 Å². The molecule has 0 spiro atoms. The SMILES string of the molecule is CC(C)Cc1ccc(C(=O)N2CCN(S(=O)(=O)c3ccc(F)cc3)CC2)cc1. The average molecular weight is 405 g/mol. The van der Waals surface area contributed by atoms with Crippen LogP contribution in [0.4, 0.5) is 4.39 Å². The third-order valence-electron chi connectivity index (χ3n) is 4.82. The molecule has 0 bridgehead atoms. The van der Waals surface area contributed by atoms with Crippen molar-refractivity contribution in [2.45, 2.75) is 25.2 Å². The maximum atomic E-state index is 13.1. The van der Waals surface area contributed by atoms with Gasteiger partial charge in [0.1, 0.15) is 5.82 Å². The Morgan fingerprint density at radius 2 is 1.54 bits per heavy atom. The number of hydrogen-bond acceptors (Lipinski definition) is 3. The van der Waals surface area contributed by atoms with Gasteiger partial charge in [0.15, 0.2) is 0 Å². The number of rotatable bonds is 5. The zero-order valence-electron chi connectivity index (χ0n) is 16.1. The number of amides is 1. The molecule has 1 heterocycles. The van der Waals surface area contributed by atoms with Gasteiger partial charge < -0.3 is 4.90 Å². The Morgan fingerprint density at radius 3 is 2.07 bits per heavy atom. The zero-order chi connectivity index (χ0) is 20.3. The number of benzene rings is 2. The van der Waals surface area contributed by atoms with Gasteiger partial charge in [0.2, 0.25) is 10.0 Å². The van der Waals surface area contributed by atoms with Crippen LogP contribution in [0.3, 0.4) is 0 Å². The zero-order valence-corrected chi connectivity index (χ0v) is 17.0. The Morgan fingerprint density at radius 1 is 0.964 bits per heavy atom. The molecule has 0 saturated carbocycles. The van der Waals surface area contributed by atoms with Crippen molar-refractivity contribution in [3.8, 4) is 0 Å². The topological polar surface area (TPSA) is 57.7 Å². The van der Waals surface area contributed by atoms with Gasteiger partial charge in [-0.2, -0.15) is 4.31 Å². The van der Waals surface area contributed by atoms with Gasteiger partial charge in [-0.3, -0.25) is 4.79 Å². The highest BCUT2D eigenvalue weighted by molar-refractivity contribution is 7.89. The van der Waals surface area contributed by atoms with Crippen molar-refractivity contribution in [2.75, 3.05) is 26.2 Å². The summed E-state index contributed by atoms with van der Waals surface area (Å²) < 4.78 is 39.7. The highest BCUT2D eigenvalue weighted by atomic mass is 32.2. The highest BCUT2D eigenvalue weighted by Crippen LogP contribution is 2.19. The molecule has 0 atom stereocenters. The highest BCUT2D eigenvalue weighted by Gasteiger charge is 2.30. The van der Waals surface area contributed by atoms with Crippen LogP contribution in [0, 0.1) is 11.7 Å². The Balaban J connectivity index is 1.63. The lowest BCUT2D eigenvalue weighted by atomic mass is 10.0. The van der Waals surface area contributed by atoms with Crippen LogP contribution in [0.2, 0.25) is 0 Å². The predicted molar refractivity (Wildman–Crippen MR) is 106 cm³/mol. The van der Waals surface area contributed by atoms with Crippen LogP contribution in [-0.2, 0) is 16.4 Å². The van der Waals surface area contributed by atoms with E-state index in [1.807, 2.05) is 24.3 Å². The second kappa shape index (κ2) is 8.41. The molecule has 2 aromatic rings. The summed E-state index contributed by atoms with van der Waals surface area (Å²) in [6.45, 7) is 5.39. The lowest BCUT2D eigenvalue weighted by molar-refractivity contribution is 0.0698. The summed E-state index contributed by atoms with van der Waals surface area (Å²) in [4.78, 5) is 14.5. The first-order valence-electron chi connectivity index (χ1n) is 9.41. The maximum Gasteiger partial charge on any atom is 0.253 e. The number of carbonyl (C=O) groups is 1. The number of carbonyl (C=O) groups excluding carboxylic acids is 1. The molecular weight excluding hydrogens is 379 g/mol. The van der Waals surface area contributed by atoms with E-state index in [0.29, 0.717) is 24.6 Å². The molecule has 0 aromatic heterocycles. The molecule has 28 heavy (non-hydrogen) atoms. The van der Waals surface area contributed by atoms with Crippen LogP contribution in [-0.4, -0.2) is 49.7 Å². The van der Waals surface area contributed by atoms with E-state index in [4.69, 9.17) is 0 Å². The molecule has 0 radical (unpaired) electrons. The Bertz CT molecular complexity index is 917. The van der Waals surface area contributed by atoms with E-state index in [9.17, 15) is 17.6 Å². The van der Waals surface area contributed by atoms with Gasteiger partial charge in [0.25, 0.3) is 5.91 Å². The van der Waals surface area contributed by atoms with E-state index < -0.39 is 15.8 Å². The molecule has 3 rings (SSSR count). The molecule has 150 valence electrons. The molecule has 7 heteroatoms. The number of hydrogen-bond donors (Lipinski definition) is 0. The second-order valence-corrected chi connectivity index (χ2v) is 9.38. The fourth-order valence-corrected chi connectivity index (χ4v) is 4.75. The number of nitrogens with zero attached hydrogens (tertiary/aromatic N) is 2. The lowest BCUT2D eigenvalue weighted by Crippen LogP contribution is -2.50. The molecule has 5 nitrogen and oxygen atoms in total. The quantitative estimate of drug-likeness (QED) is 0.769. The number of halogens is 1. The molecule has 0 aliphatic carbocycles. The van der Waals surface area contributed by atoms with Gasteiger partial charge in [-0.1, -0.05) is 26.0 Å². The fourth-order valence-electron chi connectivity index (χ4n) is 3.32. The van der Waals surface area contributed by atoms with Crippen molar-refractivity contribution in [1.29, 1.82) is 0 Å². The summed E-state index contributed by atoms with van der Waals surface area (Å²) in [7, 11) is -3.68. The van der Waals surface area contributed by atoms with E-state index in [1.54, 1.807) is 4.90 Å². The van der Waals surface area contributed by atoms with Crippen LogP contribution in [0.1, 0.15) is 29.8 Å². The third kappa shape index (κ3) is 4.59. The molecule has 1 aliphatic heterocycles. The fraction of sp³-hybridized carbons (Fsp3) is 0.381. The number of sulfonamides is 1. The normalized spacial score (nSPS) is 15.8. The number of piperazine rings is 1. The minimum absolute atomic E-state index is 0.0643. The first kappa shape index (κ1) is 20.5. The summed E-state index contributed by atoms with van der Waals surface area (Å²) in [5, 5.41) is 0. The summed E-state index contributed by atoms with van der Waals surface area (Å²) in [6, 6.07) is 12.4. The minimum atomic E-state index is -3.68. The van der Waals surface area contributed by atoms with Gasteiger partial charge in [0, 0.05) is 31.7 Å². The molecule has 1 fully saturated rings. The largest absolute Gasteiger partial charge is 0.336 e. The summed E-state index contributed by atoms with van der Waals surface area (Å²) in [5.41, 5.74) is 1.81. The molecule has 0 N–H and O–H groups in total. The van der Waals surface area contributed by atoms with Gasteiger partial charge in [-0.05, 0) is 54.3 Å². The molecule has 2 aromatic carbocycles. The summed E-state index contributed by atoms with van der Waals surface area (Å²) in [5.74, 6) is -0.0126. The van der Waals surface area contributed by atoms with Crippen LogP contribution < -0.4 is 0 Å². The predicted octanol–water partition coefficient (Wildman–Crippen LogP) is 3.17. The molecule has 1 saturated heterocycles. The molecule has 0 unspecified atom stereocenters. The van der Waals surface area contributed by atoms with E-state index in [1.165, 1.54) is 22.0 Å². The van der Waals surface area contributed by atoms with Crippen LogP contribution in [0.15, 0.2) is 53.4 Å². The van der Waals surface area contributed by atoms with E-state index in [0.717, 1.165) is 18.6 Å². The van der Waals surface area contributed by atoms with Crippen molar-refractivity contribution < 1.29 is 17.6 Å².